The van der Waals surface area contributed by atoms with Crippen molar-refractivity contribution in [2.24, 2.45) is 4.99 Å². The van der Waals surface area contributed by atoms with E-state index in [4.69, 9.17) is 9.73 Å². The van der Waals surface area contributed by atoms with Crippen LogP contribution in [0.15, 0.2) is 120 Å². The number of hydrogen-bond donors (Lipinski definition) is 0. The van der Waals surface area contributed by atoms with Gasteiger partial charge < -0.3 is 4.74 Å². The van der Waals surface area contributed by atoms with Crippen molar-refractivity contribution in [2.45, 2.75) is 25.5 Å². The summed E-state index contributed by atoms with van der Waals surface area (Å²) >= 11 is 0. The Bertz CT molecular complexity index is 1060. The van der Waals surface area contributed by atoms with Gasteiger partial charge in [-0.3, -0.25) is 4.99 Å². The minimum Gasteiger partial charge on any atom is -0.489 e. The lowest BCUT2D eigenvalue weighted by atomic mass is 9.99. The van der Waals surface area contributed by atoms with Gasteiger partial charge in [0, 0.05) is 6.21 Å². The third-order valence-electron chi connectivity index (χ3n) is 5.27. The van der Waals surface area contributed by atoms with Crippen LogP contribution >= 0.6 is 0 Å². The third-order valence-corrected chi connectivity index (χ3v) is 5.27. The topological polar surface area (TPSA) is 21.6 Å². The maximum absolute atomic E-state index is 5.89. The minimum atomic E-state index is 0.135. The first-order valence-electron chi connectivity index (χ1n) is 10.8. The Balaban J connectivity index is 1.40. The van der Waals surface area contributed by atoms with Crippen molar-refractivity contribution in [3.63, 3.8) is 0 Å². The largest absolute Gasteiger partial charge is 0.489 e. The molecule has 0 heterocycles. The molecule has 4 aromatic rings. The van der Waals surface area contributed by atoms with Gasteiger partial charge in [0.2, 0.25) is 0 Å². The fourth-order valence-corrected chi connectivity index (χ4v) is 3.52. The van der Waals surface area contributed by atoms with Gasteiger partial charge in [-0.1, -0.05) is 91.0 Å². The Morgan fingerprint density at radius 1 is 0.645 bits per heavy atom. The summed E-state index contributed by atoms with van der Waals surface area (Å²) in [5, 5.41) is 0. The van der Waals surface area contributed by atoms with Crippen LogP contribution in [0.4, 0.5) is 0 Å². The average Bonchev–Trinajstić information content (AvgIpc) is 2.85. The van der Waals surface area contributed by atoms with E-state index in [0.717, 1.165) is 29.7 Å². The Labute approximate surface area is 184 Å². The minimum absolute atomic E-state index is 0.135. The molecule has 4 aromatic carbocycles. The first-order valence-corrected chi connectivity index (χ1v) is 10.8. The lowest BCUT2D eigenvalue weighted by Crippen LogP contribution is -1.99. The van der Waals surface area contributed by atoms with Gasteiger partial charge in [-0.05, 0) is 59.4 Å². The lowest BCUT2D eigenvalue weighted by molar-refractivity contribution is 0.306. The highest BCUT2D eigenvalue weighted by molar-refractivity contribution is 5.80. The zero-order valence-electron chi connectivity index (χ0n) is 17.6. The number of nitrogens with zero attached hydrogens (tertiary/aromatic N) is 1. The van der Waals surface area contributed by atoms with Gasteiger partial charge in [0.25, 0.3) is 0 Å². The van der Waals surface area contributed by atoms with E-state index in [0.29, 0.717) is 6.61 Å². The van der Waals surface area contributed by atoms with Crippen molar-refractivity contribution >= 4 is 6.21 Å². The fourth-order valence-electron chi connectivity index (χ4n) is 3.52. The molecule has 31 heavy (non-hydrogen) atoms. The van der Waals surface area contributed by atoms with Crippen LogP contribution in [0.3, 0.4) is 0 Å². The van der Waals surface area contributed by atoms with Crippen LogP contribution in [-0.4, -0.2) is 6.21 Å². The van der Waals surface area contributed by atoms with E-state index in [1.54, 1.807) is 0 Å². The molecule has 0 aliphatic carbocycles. The monoisotopic (exact) mass is 405 g/mol. The quantitative estimate of drug-likeness (QED) is 0.273. The summed E-state index contributed by atoms with van der Waals surface area (Å²) in [6, 6.07) is 39.6. The lowest BCUT2D eigenvalue weighted by Gasteiger charge is -2.13. The summed E-state index contributed by atoms with van der Waals surface area (Å²) in [6.45, 7) is 0.573. The van der Waals surface area contributed by atoms with Crippen LogP contribution in [0.25, 0.3) is 0 Å². The van der Waals surface area contributed by atoms with E-state index < -0.39 is 0 Å². The second-order valence-electron chi connectivity index (χ2n) is 7.57. The van der Waals surface area contributed by atoms with Crippen LogP contribution in [-0.2, 0) is 13.0 Å². The summed E-state index contributed by atoms with van der Waals surface area (Å²) in [6.07, 6.45) is 3.95. The van der Waals surface area contributed by atoms with Crippen LogP contribution < -0.4 is 4.74 Å². The number of aryl methyl sites for hydroxylation is 1. The molecular formula is C29H27NO. The maximum Gasteiger partial charge on any atom is 0.119 e. The van der Waals surface area contributed by atoms with E-state index in [9.17, 15) is 0 Å². The molecule has 0 bridgehead atoms. The second-order valence-corrected chi connectivity index (χ2v) is 7.57. The van der Waals surface area contributed by atoms with Crippen molar-refractivity contribution in [1.29, 1.82) is 0 Å². The van der Waals surface area contributed by atoms with E-state index in [-0.39, 0.29) is 6.04 Å². The van der Waals surface area contributed by atoms with Crippen molar-refractivity contribution in [3.05, 3.63) is 138 Å². The van der Waals surface area contributed by atoms with Gasteiger partial charge in [0.1, 0.15) is 12.4 Å². The van der Waals surface area contributed by atoms with E-state index in [1.807, 2.05) is 36.5 Å². The normalized spacial score (nSPS) is 12.0. The zero-order valence-corrected chi connectivity index (χ0v) is 17.6. The van der Waals surface area contributed by atoms with Crippen molar-refractivity contribution in [1.82, 2.24) is 0 Å². The molecule has 1 atom stereocenters. The molecule has 0 radical (unpaired) electrons. The van der Waals surface area contributed by atoms with Gasteiger partial charge in [0.15, 0.2) is 0 Å². The predicted molar refractivity (Wildman–Crippen MR) is 129 cm³/mol. The highest BCUT2D eigenvalue weighted by Gasteiger charge is 2.09. The number of rotatable bonds is 9. The molecule has 0 saturated carbocycles. The molecule has 0 fully saturated rings. The molecule has 0 amide bonds. The Morgan fingerprint density at radius 2 is 1.23 bits per heavy atom. The van der Waals surface area contributed by atoms with E-state index in [2.05, 4.69) is 84.9 Å². The third kappa shape index (κ3) is 6.42. The second kappa shape index (κ2) is 10.9. The fraction of sp³-hybridized carbons (Fsp3) is 0.138. The van der Waals surface area contributed by atoms with Crippen molar-refractivity contribution in [2.75, 3.05) is 0 Å². The number of benzene rings is 4. The van der Waals surface area contributed by atoms with Crippen LogP contribution in [0.5, 0.6) is 5.75 Å². The van der Waals surface area contributed by atoms with Gasteiger partial charge in [-0.25, -0.2) is 0 Å². The molecule has 0 saturated heterocycles. The number of aliphatic imine (C=N–C) groups is 1. The Morgan fingerprint density at radius 3 is 1.87 bits per heavy atom. The molecular weight excluding hydrogens is 378 g/mol. The van der Waals surface area contributed by atoms with E-state index >= 15 is 0 Å². The van der Waals surface area contributed by atoms with E-state index in [1.165, 1.54) is 11.1 Å². The summed E-state index contributed by atoms with van der Waals surface area (Å²) in [5.41, 5.74) is 4.83. The van der Waals surface area contributed by atoms with Gasteiger partial charge in [0.05, 0.1) is 6.04 Å². The van der Waals surface area contributed by atoms with Gasteiger partial charge in [-0.15, -0.1) is 0 Å². The molecule has 4 rings (SSSR count). The SMILES string of the molecule is C(=N/C(CCc1ccccc1)c1ccccc1)/c1ccc(OCc2ccccc2)cc1. The van der Waals surface area contributed by atoms with Crippen molar-refractivity contribution < 1.29 is 4.74 Å². The summed E-state index contributed by atoms with van der Waals surface area (Å²) < 4.78 is 5.89. The first-order chi connectivity index (χ1) is 15.4. The molecule has 0 aliphatic rings. The first kappa shape index (κ1) is 20.6. The summed E-state index contributed by atoms with van der Waals surface area (Å²) in [7, 11) is 0. The van der Waals surface area contributed by atoms with Crippen molar-refractivity contribution in [3.8, 4) is 5.75 Å². The summed E-state index contributed by atoms with van der Waals surface area (Å²) in [5.74, 6) is 0.865. The molecule has 0 spiro atoms. The van der Waals surface area contributed by atoms with Gasteiger partial charge in [-0.2, -0.15) is 0 Å². The summed E-state index contributed by atoms with van der Waals surface area (Å²) in [4.78, 5) is 4.94. The smallest absolute Gasteiger partial charge is 0.119 e. The highest BCUT2D eigenvalue weighted by atomic mass is 16.5. The maximum atomic E-state index is 5.89. The number of hydrogen-bond acceptors (Lipinski definition) is 2. The number of ether oxygens (including phenoxy) is 1. The molecule has 0 aliphatic heterocycles. The molecule has 0 aromatic heterocycles. The molecule has 0 N–H and O–H groups in total. The predicted octanol–water partition coefficient (Wildman–Crippen LogP) is 7.06. The molecule has 154 valence electrons. The Hall–Kier alpha value is -3.65. The Kier molecular flexibility index (Phi) is 7.27. The highest BCUT2D eigenvalue weighted by Crippen LogP contribution is 2.23. The molecule has 2 heteroatoms. The standard InChI is InChI=1S/C29H27NO/c1-4-10-24(11-5-1)18-21-29(27-14-8-3-9-15-27)30-22-25-16-19-28(20-17-25)31-23-26-12-6-2-7-13-26/h1-17,19-20,22,29H,18,21,23H2/b30-22-. The zero-order chi connectivity index (χ0) is 21.1. The van der Waals surface area contributed by atoms with Gasteiger partial charge >= 0.3 is 0 Å². The molecule has 2 nitrogen and oxygen atoms in total. The van der Waals surface area contributed by atoms with Crippen LogP contribution in [0, 0.1) is 0 Å². The van der Waals surface area contributed by atoms with Crippen LogP contribution in [0.2, 0.25) is 0 Å². The van der Waals surface area contributed by atoms with Crippen LogP contribution in [0.1, 0.15) is 34.7 Å². The molecule has 1 unspecified atom stereocenters. The average molecular weight is 406 g/mol.